The van der Waals surface area contributed by atoms with Crippen LogP contribution < -0.4 is 5.32 Å². The van der Waals surface area contributed by atoms with E-state index in [4.69, 9.17) is 16.6 Å². The van der Waals surface area contributed by atoms with Crippen molar-refractivity contribution in [3.8, 4) is 21.0 Å². The minimum absolute atomic E-state index is 0.0508. The lowest BCUT2D eigenvalue weighted by Crippen LogP contribution is -2.48. The molecule has 0 spiro atoms. The average molecular weight is 550 g/mol. The summed E-state index contributed by atoms with van der Waals surface area (Å²) in [6.45, 7) is 4.01. The van der Waals surface area contributed by atoms with Crippen molar-refractivity contribution in [3.05, 3.63) is 87.2 Å². The van der Waals surface area contributed by atoms with Gasteiger partial charge in [-0.25, -0.2) is 4.98 Å². The van der Waals surface area contributed by atoms with Crippen LogP contribution in [-0.4, -0.2) is 48.3 Å². The van der Waals surface area contributed by atoms with Crippen LogP contribution in [0, 0.1) is 0 Å². The summed E-state index contributed by atoms with van der Waals surface area (Å²) in [6, 6.07) is 19.1. The summed E-state index contributed by atoms with van der Waals surface area (Å²) in [4.78, 5) is 34.0. The van der Waals surface area contributed by atoms with Crippen molar-refractivity contribution >= 4 is 46.0 Å². The van der Waals surface area contributed by atoms with Crippen LogP contribution in [0.4, 0.5) is 0 Å². The highest BCUT2D eigenvalue weighted by atomic mass is 35.5. The second-order valence-electron chi connectivity index (χ2n) is 9.61. The number of piperidine rings is 1. The van der Waals surface area contributed by atoms with Crippen LogP contribution in [-0.2, 0) is 5.41 Å². The van der Waals surface area contributed by atoms with E-state index in [2.05, 4.69) is 22.6 Å². The number of rotatable bonds is 7. The van der Waals surface area contributed by atoms with Crippen molar-refractivity contribution in [2.75, 3.05) is 26.7 Å². The van der Waals surface area contributed by atoms with Gasteiger partial charge in [-0.3, -0.25) is 9.59 Å². The van der Waals surface area contributed by atoms with Gasteiger partial charge in [0.25, 0.3) is 5.91 Å². The smallest absolute Gasteiger partial charge is 0.251 e. The molecule has 2 aromatic carbocycles. The Hall–Kier alpha value is -2.84. The number of ketones is 1. The number of carbonyl (C=O) groups excluding carboxylic acids is 2. The fraction of sp³-hybridized carbons (Fsp3) is 0.276. The van der Waals surface area contributed by atoms with E-state index in [0.29, 0.717) is 17.1 Å². The molecule has 0 bridgehead atoms. The number of nitrogens with one attached hydrogen (secondary N) is 1. The first-order valence-electron chi connectivity index (χ1n) is 12.2. The van der Waals surface area contributed by atoms with E-state index in [1.165, 1.54) is 11.3 Å². The molecule has 4 aromatic rings. The summed E-state index contributed by atoms with van der Waals surface area (Å²) in [5.41, 5.74) is 3.42. The molecule has 1 aliphatic rings. The molecule has 5 rings (SSSR count). The highest BCUT2D eigenvalue weighted by molar-refractivity contribution is 7.17. The van der Waals surface area contributed by atoms with E-state index in [9.17, 15) is 9.59 Å². The molecule has 190 valence electrons. The molecule has 0 saturated carbocycles. The Morgan fingerprint density at radius 1 is 1.05 bits per heavy atom. The van der Waals surface area contributed by atoms with Gasteiger partial charge >= 0.3 is 0 Å². The third-order valence-corrected chi connectivity index (χ3v) is 9.41. The Bertz CT molecular complexity index is 1420. The first-order chi connectivity index (χ1) is 17.8. The fourth-order valence-electron chi connectivity index (χ4n) is 4.66. The van der Waals surface area contributed by atoms with E-state index < -0.39 is 0 Å². The van der Waals surface area contributed by atoms with E-state index in [0.717, 1.165) is 57.5 Å². The molecule has 0 aliphatic carbocycles. The van der Waals surface area contributed by atoms with Gasteiger partial charge in [-0.1, -0.05) is 35.9 Å². The Labute approximate surface area is 230 Å². The normalized spacial score (nSPS) is 15.4. The number of thiazole rings is 1. The largest absolute Gasteiger partial charge is 0.351 e. The monoisotopic (exact) mass is 549 g/mol. The number of aromatic nitrogens is 1. The van der Waals surface area contributed by atoms with Crippen molar-refractivity contribution in [2.45, 2.75) is 25.2 Å². The second kappa shape index (κ2) is 10.9. The van der Waals surface area contributed by atoms with Crippen molar-refractivity contribution < 1.29 is 9.59 Å². The van der Waals surface area contributed by atoms with Gasteiger partial charge in [0.15, 0.2) is 5.78 Å². The van der Waals surface area contributed by atoms with Crippen molar-refractivity contribution in [3.63, 3.8) is 0 Å². The molecule has 0 radical (unpaired) electrons. The van der Waals surface area contributed by atoms with Crippen LogP contribution in [0.1, 0.15) is 45.5 Å². The highest BCUT2D eigenvalue weighted by Gasteiger charge is 2.38. The molecule has 1 amide bonds. The fourth-order valence-corrected chi connectivity index (χ4v) is 6.63. The van der Waals surface area contributed by atoms with Crippen LogP contribution >= 0.6 is 34.3 Å². The number of likely N-dealkylation sites (tertiary alicyclic amines) is 1. The number of carbonyl (C=O) groups is 2. The summed E-state index contributed by atoms with van der Waals surface area (Å²) < 4.78 is 0. The number of Topliss-reactive ketones (excluding diaryl/α,β-unsaturated/α-hetero) is 1. The molecular formula is C29H28ClN3O2S2. The molecule has 2 aromatic heterocycles. The Balaban J connectivity index is 1.35. The lowest BCUT2D eigenvalue weighted by atomic mass is 9.76. The molecule has 0 unspecified atom stereocenters. The molecule has 3 heterocycles. The second-order valence-corrected chi connectivity index (χ2v) is 12.0. The molecule has 0 atom stereocenters. The first-order valence-corrected chi connectivity index (χ1v) is 14.3. The van der Waals surface area contributed by atoms with Gasteiger partial charge in [0.2, 0.25) is 0 Å². The van der Waals surface area contributed by atoms with Crippen LogP contribution in [0.15, 0.2) is 66.0 Å². The maximum atomic E-state index is 13.3. The predicted molar refractivity (Wildman–Crippen MR) is 153 cm³/mol. The van der Waals surface area contributed by atoms with Gasteiger partial charge in [-0.2, -0.15) is 0 Å². The summed E-state index contributed by atoms with van der Waals surface area (Å²) >= 11 is 9.15. The SMILES string of the molecule is CC(=O)c1ccc(-c2cccc(C(=O)NCC3(c4csc(-c5ccc(Cl)cc5)n4)CCN(C)CC3)c2)s1. The first kappa shape index (κ1) is 25.8. The highest BCUT2D eigenvalue weighted by Crippen LogP contribution is 2.38. The molecule has 1 N–H and O–H groups in total. The lowest BCUT2D eigenvalue weighted by molar-refractivity contribution is 0.0926. The molecule has 37 heavy (non-hydrogen) atoms. The molecule has 1 saturated heterocycles. The predicted octanol–water partition coefficient (Wildman–Crippen LogP) is 6.79. The van der Waals surface area contributed by atoms with Crippen molar-refractivity contribution in [1.82, 2.24) is 15.2 Å². The van der Waals surface area contributed by atoms with Crippen molar-refractivity contribution in [2.24, 2.45) is 0 Å². The van der Waals surface area contributed by atoms with Gasteiger partial charge < -0.3 is 10.2 Å². The minimum Gasteiger partial charge on any atom is -0.351 e. The number of halogens is 1. The van der Waals surface area contributed by atoms with Crippen LogP contribution in [0.3, 0.4) is 0 Å². The standard InChI is InChI=1S/C29H28ClN3O2S2/c1-19(34)24-10-11-25(37-24)21-4-3-5-22(16-21)27(35)31-18-29(12-14-33(2)15-13-29)26-17-36-28(32-26)20-6-8-23(30)9-7-20/h3-11,16-17H,12-15,18H2,1-2H3,(H,31,35). The summed E-state index contributed by atoms with van der Waals surface area (Å²) in [6.07, 6.45) is 1.85. The Kier molecular flexibility index (Phi) is 7.58. The zero-order valence-electron chi connectivity index (χ0n) is 20.8. The summed E-state index contributed by atoms with van der Waals surface area (Å²) in [5.74, 6) is -0.0495. The van der Waals surface area contributed by atoms with Crippen LogP contribution in [0.25, 0.3) is 21.0 Å². The number of benzene rings is 2. The van der Waals surface area contributed by atoms with Crippen molar-refractivity contribution in [1.29, 1.82) is 0 Å². The van der Waals surface area contributed by atoms with Gasteiger partial charge in [-0.05, 0) is 81.9 Å². The van der Waals surface area contributed by atoms with E-state index in [-0.39, 0.29) is 17.1 Å². The maximum Gasteiger partial charge on any atom is 0.251 e. The zero-order chi connectivity index (χ0) is 26.0. The topological polar surface area (TPSA) is 62.3 Å². The minimum atomic E-state index is -0.217. The Morgan fingerprint density at radius 2 is 1.81 bits per heavy atom. The third kappa shape index (κ3) is 5.70. The molecule has 1 fully saturated rings. The Morgan fingerprint density at radius 3 is 2.51 bits per heavy atom. The average Bonchev–Trinajstić information content (AvgIpc) is 3.60. The number of nitrogens with zero attached hydrogens (tertiary/aromatic N) is 2. The van der Waals surface area contributed by atoms with E-state index in [1.807, 2.05) is 60.7 Å². The number of hydrogen-bond acceptors (Lipinski definition) is 6. The summed E-state index contributed by atoms with van der Waals surface area (Å²) in [5, 5.41) is 7.03. The molecule has 1 aliphatic heterocycles. The quantitative estimate of drug-likeness (QED) is 0.258. The van der Waals surface area contributed by atoms with Gasteiger partial charge in [0, 0.05) is 38.4 Å². The van der Waals surface area contributed by atoms with E-state index >= 15 is 0 Å². The van der Waals surface area contributed by atoms with Crippen LogP contribution in [0.2, 0.25) is 5.02 Å². The van der Waals surface area contributed by atoms with Gasteiger partial charge in [0.05, 0.1) is 10.6 Å². The third-order valence-electron chi connectivity index (χ3n) is 7.03. The van der Waals surface area contributed by atoms with Gasteiger partial charge in [-0.15, -0.1) is 22.7 Å². The molecule has 5 nitrogen and oxygen atoms in total. The van der Waals surface area contributed by atoms with Crippen LogP contribution in [0.5, 0.6) is 0 Å². The maximum absolute atomic E-state index is 13.3. The zero-order valence-corrected chi connectivity index (χ0v) is 23.2. The molecular weight excluding hydrogens is 522 g/mol. The number of amides is 1. The van der Waals surface area contributed by atoms with Gasteiger partial charge in [0.1, 0.15) is 5.01 Å². The van der Waals surface area contributed by atoms with E-state index in [1.54, 1.807) is 18.3 Å². The summed E-state index contributed by atoms with van der Waals surface area (Å²) in [7, 11) is 2.14. The number of hydrogen-bond donors (Lipinski definition) is 1. The number of thiophene rings is 1. The lowest BCUT2D eigenvalue weighted by Gasteiger charge is -2.39. The molecule has 8 heteroatoms.